The summed E-state index contributed by atoms with van der Waals surface area (Å²) in [5.41, 5.74) is 0.762. The summed E-state index contributed by atoms with van der Waals surface area (Å²) in [5, 5.41) is 6.08. The van der Waals surface area contributed by atoms with Crippen molar-refractivity contribution in [2.45, 2.75) is 6.42 Å². The first-order valence-electron chi connectivity index (χ1n) is 6.41. The molecule has 0 radical (unpaired) electrons. The van der Waals surface area contributed by atoms with E-state index in [-0.39, 0.29) is 5.91 Å². The molecule has 1 aromatic rings. The highest BCUT2D eigenvalue weighted by Crippen LogP contribution is 2.16. The molecule has 1 rings (SSSR count). The minimum absolute atomic E-state index is 0.00519. The largest absolute Gasteiger partial charge is 0.497 e. The molecule has 0 aromatic heterocycles. The minimum atomic E-state index is 0.00519. The van der Waals surface area contributed by atoms with Crippen molar-refractivity contribution in [3.63, 3.8) is 0 Å². The van der Waals surface area contributed by atoms with E-state index in [2.05, 4.69) is 15.5 Å². The zero-order valence-corrected chi connectivity index (χ0v) is 11.9. The van der Waals surface area contributed by atoms with Gasteiger partial charge in [0, 0.05) is 37.8 Å². The van der Waals surface area contributed by atoms with Gasteiger partial charge in [0.15, 0.2) is 0 Å². The number of rotatable bonds is 8. The second kappa shape index (κ2) is 8.50. The first-order valence-corrected chi connectivity index (χ1v) is 6.41. The Labute approximate surface area is 114 Å². The quantitative estimate of drug-likeness (QED) is 0.693. The lowest BCUT2D eigenvalue weighted by Crippen LogP contribution is -2.29. The molecule has 0 unspecified atom stereocenters. The molecule has 5 heteroatoms. The molecule has 0 atom stereocenters. The van der Waals surface area contributed by atoms with E-state index in [0.29, 0.717) is 13.0 Å². The van der Waals surface area contributed by atoms with Crippen LogP contribution >= 0.6 is 0 Å². The van der Waals surface area contributed by atoms with Gasteiger partial charge < -0.3 is 20.3 Å². The van der Waals surface area contributed by atoms with Crippen LogP contribution in [0, 0.1) is 0 Å². The molecule has 0 saturated heterocycles. The number of carbonyl (C=O) groups is 1. The second-order valence-corrected chi connectivity index (χ2v) is 4.58. The third kappa shape index (κ3) is 6.79. The van der Waals surface area contributed by atoms with Crippen LogP contribution in [0.25, 0.3) is 0 Å². The lowest BCUT2D eigenvalue weighted by Gasteiger charge is -2.10. The van der Waals surface area contributed by atoms with Gasteiger partial charge in [0.1, 0.15) is 5.75 Å². The van der Waals surface area contributed by atoms with E-state index in [1.807, 2.05) is 32.3 Å². The van der Waals surface area contributed by atoms with Gasteiger partial charge >= 0.3 is 0 Å². The molecule has 0 aliphatic heterocycles. The minimum Gasteiger partial charge on any atom is -0.497 e. The summed E-state index contributed by atoms with van der Waals surface area (Å²) < 4.78 is 5.10. The van der Waals surface area contributed by atoms with Gasteiger partial charge in [0.2, 0.25) is 5.91 Å². The Bertz CT molecular complexity index is 394. The van der Waals surface area contributed by atoms with E-state index < -0.39 is 0 Å². The van der Waals surface area contributed by atoms with E-state index in [9.17, 15) is 4.79 Å². The lowest BCUT2D eigenvalue weighted by atomic mass is 10.3. The Morgan fingerprint density at radius 3 is 2.79 bits per heavy atom. The molecule has 19 heavy (non-hydrogen) atoms. The monoisotopic (exact) mass is 265 g/mol. The van der Waals surface area contributed by atoms with Gasteiger partial charge in [-0.25, -0.2) is 0 Å². The molecule has 0 bridgehead atoms. The summed E-state index contributed by atoms with van der Waals surface area (Å²) in [6.07, 6.45) is 0.463. The van der Waals surface area contributed by atoms with E-state index in [1.54, 1.807) is 13.2 Å². The fourth-order valence-corrected chi connectivity index (χ4v) is 1.55. The summed E-state index contributed by atoms with van der Waals surface area (Å²) >= 11 is 0. The van der Waals surface area contributed by atoms with Gasteiger partial charge in [-0.05, 0) is 26.2 Å². The van der Waals surface area contributed by atoms with Crippen molar-refractivity contribution < 1.29 is 9.53 Å². The first kappa shape index (κ1) is 15.5. The summed E-state index contributed by atoms with van der Waals surface area (Å²) in [5.74, 6) is 0.743. The highest BCUT2D eigenvalue weighted by molar-refractivity contribution is 5.90. The zero-order valence-electron chi connectivity index (χ0n) is 11.9. The Hall–Kier alpha value is -1.59. The van der Waals surface area contributed by atoms with Crippen molar-refractivity contribution in [1.29, 1.82) is 0 Å². The van der Waals surface area contributed by atoms with Crippen molar-refractivity contribution in [1.82, 2.24) is 10.2 Å². The number of nitrogens with one attached hydrogen (secondary N) is 2. The van der Waals surface area contributed by atoms with Gasteiger partial charge in [-0.1, -0.05) is 6.07 Å². The maximum atomic E-state index is 11.7. The van der Waals surface area contributed by atoms with E-state index >= 15 is 0 Å². The number of anilines is 1. The molecule has 0 aliphatic rings. The predicted octanol–water partition coefficient (Wildman–Crippen LogP) is 1.17. The number of benzene rings is 1. The number of likely N-dealkylation sites (N-methyl/N-ethyl adjacent to an activating group) is 1. The molecule has 106 valence electrons. The Morgan fingerprint density at radius 1 is 1.32 bits per heavy atom. The van der Waals surface area contributed by atoms with E-state index in [4.69, 9.17) is 4.74 Å². The average molecular weight is 265 g/mol. The van der Waals surface area contributed by atoms with Crippen LogP contribution < -0.4 is 15.4 Å². The van der Waals surface area contributed by atoms with Crippen molar-refractivity contribution in [3.05, 3.63) is 24.3 Å². The van der Waals surface area contributed by atoms with Crippen LogP contribution in [0.4, 0.5) is 5.69 Å². The maximum absolute atomic E-state index is 11.7. The fraction of sp³-hybridized carbons (Fsp3) is 0.500. The molecule has 0 spiro atoms. The highest BCUT2D eigenvalue weighted by Gasteiger charge is 2.02. The first-order chi connectivity index (χ1) is 9.11. The summed E-state index contributed by atoms with van der Waals surface area (Å²) in [7, 11) is 5.66. The number of hydrogen-bond acceptors (Lipinski definition) is 4. The number of amides is 1. The second-order valence-electron chi connectivity index (χ2n) is 4.58. The molecule has 1 amide bonds. The smallest absolute Gasteiger partial charge is 0.225 e. The normalized spacial score (nSPS) is 10.5. The maximum Gasteiger partial charge on any atom is 0.225 e. The number of ether oxygens (including phenoxy) is 1. The molecule has 0 heterocycles. The summed E-state index contributed by atoms with van der Waals surface area (Å²) in [6, 6.07) is 7.35. The lowest BCUT2D eigenvalue weighted by molar-refractivity contribution is -0.116. The third-order valence-electron chi connectivity index (χ3n) is 2.62. The van der Waals surface area contributed by atoms with Gasteiger partial charge in [-0.2, -0.15) is 0 Å². The standard InChI is InChI=1S/C14H23N3O2/c1-17(2)10-9-15-8-7-14(18)16-12-5-4-6-13(11-12)19-3/h4-6,11,15H,7-10H2,1-3H3,(H,16,18). The number of carbonyl (C=O) groups excluding carboxylic acids is 1. The third-order valence-corrected chi connectivity index (χ3v) is 2.62. The van der Waals surface area contributed by atoms with Crippen LogP contribution in [-0.2, 0) is 4.79 Å². The Kier molecular flexibility index (Phi) is 6.92. The van der Waals surface area contributed by atoms with Crippen LogP contribution in [0.3, 0.4) is 0 Å². The van der Waals surface area contributed by atoms with Crippen molar-refractivity contribution in [2.24, 2.45) is 0 Å². The van der Waals surface area contributed by atoms with E-state index in [1.165, 1.54) is 0 Å². The van der Waals surface area contributed by atoms with E-state index in [0.717, 1.165) is 24.5 Å². The van der Waals surface area contributed by atoms with Gasteiger partial charge in [-0.15, -0.1) is 0 Å². The molecule has 0 saturated carbocycles. The molecule has 0 fully saturated rings. The molecule has 1 aromatic carbocycles. The van der Waals surface area contributed by atoms with Crippen molar-refractivity contribution in [2.75, 3.05) is 46.2 Å². The molecule has 0 aliphatic carbocycles. The number of hydrogen-bond donors (Lipinski definition) is 2. The molecule has 5 nitrogen and oxygen atoms in total. The van der Waals surface area contributed by atoms with Crippen LogP contribution in [0.5, 0.6) is 5.75 Å². The zero-order chi connectivity index (χ0) is 14.1. The van der Waals surface area contributed by atoms with Crippen LogP contribution in [-0.4, -0.2) is 51.6 Å². The van der Waals surface area contributed by atoms with Gasteiger partial charge in [0.25, 0.3) is 0 Å². The van der Waals surface area contributed by atoms with Crippen molar-refractivity contribution >= 4 is 11.6 Å². The van der Waals surface area contributed by atoms with Gasteiger partial charge in [0.05, 0.1) is 7.11 Å². The Balaban J connectivity index is 2.23. The van der Waals surface area contributed by atoms with Crippen LogP contribution in [0.2, 0.25) is 0 Å². The predicted molar refractivity (Wildman–Crippen MR) is 77.7 cm³/mol. The highest BCUT2D eigenvalue weighted by atomic mass is 16.5. The summed E-state index contributed by atoms with van der Waals surface area (Å²) in [6.45, 7) is 2.54. The average Bonchev–Trinajstić information content (AvgIpc) is 2.38. The van der Waals surface area contributed by atoms with Crippen LogP contribution in [0.15, 0.2) is 24.3 Å². The van der Waals surface area contributed by atoms with Gasteiger partial charge in [-0.3, -0.25) is 4.79 Å². The number of nitrogens with zero attached hydrogens (tertiary/aromatic N) is 1. The molecular formula is C14H23N3O2. The number of methoxy groups -OCH3 is 1. The fourth-order valence-electron chi connectivity index (χ4n) is 1.55. The Morgan fingerprint density at radius 2 is 2.11 bits per heavy atom. The van der Waals surface area contributed by atoms with Crippen molar-refractivity contribution in [3.8, 4) is 5.75 Å². The van der Waals surface area contributed by atoms with Crippen LogP contribution in [0.1, 0.15) is 6.42 Å². The molecular weight excluding hydrogens is 242 g/mol. The topological polar surface area (TPSA) is 53.6 Å². The molecule has 2 N–H and O–H groups in total. The SMILES string of the molecule is COc1cccc(NC(=O)CCNCCN(C)C)c1. The summed E-state index contributed by atoms with van der Waals surface area (Å²) in [4.78, 5) is 13.8.